The van der Waals surface area contributed by atoms with Crippen molar-refractivity contribution in [3.63, 3.8) is 0 Å². The first kappa shape index (κ1) is 20.7. The van der Waals surface area contributed by atoms with E-state index in [4.69, 9.17) is 25.0 Å². The largest absolute Gasteiger partial charge is 0.496 e. The van der Waals surface area contributed by atoms with Gasteiger partial charge in [0.05, 0.1) is 24.7 Å². The molecule has 0 amide bonds. The van der Waals surface area contributed by atoms with E-state index in [1.807, 2.05) is 12.1 Å². The highest BCUT2D eigenvalue weighted by Gasteiger charge is 2.25. The average molecular weight is 423 g/mol. The molecule has 1 fully saturated rings. The average Bonchev–Trinajstić information content (AvgIpc) is 3.41. The van der Waals surface area contributed by atoms with Gasteiger partial charge in [-0.05, 0) is 42.8 Å². The lowest BCUT2D eigenvalue weighted by atomic mass is 9.93. The molecule has 1 aliphatic heterocycles. The van der Waals surface area contributed by atoms with Gasteiger partial charge in [0.15, 0.2) is 0 Å². The molecule has 1 saturated heterocycles. The molecule has 31 heavy (non-hydrogen) atoms. The van der Waals surface area contributed by atoms with Crippen molar-refractivity contribution in [2.24, 2.45) is 5.73 Å². The van der Waals surface area contributed by atoms with Crippen LogP contribution in [0.15, 0.2) is 47.1 Å². The third kappa shape index (κ3) is 4.34. The zero-order valence-corrected chi connectivity index (χ0v) is 17.2. The van der Waals surface area contributed by atoms with E-state index >= 15 is 0 Å². The molecule has 0 radical (unpaired) electrons. The van der Waals surface area contributed by atoms with Crippen molar-refractivity contribution in [2.45, 2.75) is 24.9 Å². The molecule has 162 valence electrons. The van der Waals surface area contributed by atoms with Crippen LogP contribution in [0, 0.1) is 5.41 Å². The second-order valence-electron chi connectivity index (χ2n) is 7.61. The highest BCUT2D eigenvalue weighted by atomic mass is 16.5. The van der Waals surface area contributed by atoms with Gasteiger partial charge in [-0.3, -0.25) is 10.2 Å². The third-order valence-electron chi connectivity index (χ3n) is 5.56. The standard InChI is InChI=1S/C23H25N3O5/c1-29-19-9-14(22(24)25)8-15-12-30-20(21(15)19)10-18(23(27)28)13-2-4-16(5-3-13)31-17-6-7-26-11-17/h2-5,8-9,12,17-18,26H,6-7,10-11H2,1H3,(H3,24,25)(H,27,28)/t17-,18?/m0/s1. The first-order chi connectivity index (χ1) is 15.0. The zero-order valence-electron chi connectivity index (χ0n) is 17.2. The molecule has 2 atom stereocenters. The van der Waals surface area contributed by atoms with Gasteiger partial charge in [0.25, 0.3) is 0 Å². The van der Waals surface area contributed by atoms with Crippen LogP contribution in [0.4, 0.5) is 0 Å². The van der Waals surface area contributed by atoms with Crippen LogP contribution < -0.4 is 20.5 Å². The Kier molecular flexibility index (Phi) is 5.81. The van der Waals surface area contributed by atoms with Crippen molar-refractivity contribution in [2.75, 3.05) is 20.2 Å². The molecule has 0 spiro atoms. The Bertz CT molecular complexity index is 1100. The molecular weight excluding hydrogens is 398 g/mol. The highest BCUT2D eigenvalue weighted by Crippen LogP contribution is 2.35. The molecule has 1 aliphatic rings. The predicted molar refractivity (Wildman–Crippen MR) is 116 cm³/mol. The Labute approximate surface area is 179 Å². The Morgan fingerprint density at radius 3 is 2.74 bits per heavy atom. The summed E-state index contributed by atoms with van der Waals surface area (Å²) in [7, 11) is 1.52. The number of benzene rings is 2. The molecular formula is C23H25N3O5. The molecule has 0 saturated carbocycles. The van der Waals surface area contributed by atoms with Crippen molar-refractivity contribution in [3.8, 4) is 11.5 Å². The lowest BCUT2D eigenvalue weighted by molar-refractivity contribution is -0.138. The van der Waals surface area contributed by atoms with Crippen molar-refractivity contribution < 1.29 is 23.8 Å². The summed E-state index contributed by atoms with van der Waals surface area (Å²) in [5.41, 5.74) is 6.77. The number of aliphatic carboxylic acids is 1. The summed E-state index contributed by atoms with van der Waals surface area (Å²) in [5, 5.41) is 22.2. The van der Waals surface area contributed by atoms with E-state index in [9.17, 15) is 9.90 Å². The maximum atomic E-state index is 12.1. The first-order valence-corrected chi connectivity index (χ1v) is 10.1. The van der Waals surface area contributed by atoms with Gasteiger partial charge in [-0.25, -0.2) is 0 Å². The van der Waals surface area contributed by atoms with Crippen LogP contribution in [0.25, 0.3) is 10.8 Å². The molecule has 5 N–H and O–H groups in total. The predicted octanol–water partition coefficient (Wildman–Crippen LogP) is 2.88. The van der Waals surface area contributed by atoms with Crippen LogP contribution in [0.3, 0.4) is 0 Å². The fourth-order valence-electron chi connectivity index (χ4n) is 3.92. The van der Waals surface area contributed by atoms with E-state index < -0.39 is 11.9 Å². The number of fused-ring (bicyclic) bond motifs is 1. The lowest BCUT2D eigenvalue weighted by Gasteiger charge is -2.15. The molecule has 1 aromatic heterocycles. The van der Waals surface area contributed by atoms with Crippen molar-refractivity contribution >= 4 is 22.6 Å². The van der Waals surface area contributed by atoms with E-state index in [1.165, 1.54) is 13.4 Å². The van der Waals surface area contributed by atoms with Gasteiger partial charge in [0, 0.05) is 23.9 Å². The number of nitrogens with one attached hydrogen (secondary N) is 2. The van der Waals surface area contributed by atoms with Crippen LogP contribution in [0.5, 0.6) is 11.5 Å². The maximum absolute atomic E-state index is 12.1. The SMILES string of the molecule is COc1cc(C(=N)N)cc2coc(CC(C(=O)O)c3ccc(O[C@H]4CCNC4)cc3)c12. The van der Waals surface area contributed by atoms with Gasteiger partial charge in [-0.2, -0.15) is 0 Å². The number of methoxy groups -OCH3 is 1. The summed E-state index contributed by atoms with van der Waals surface area (Å²) in [4.78, 5) is 12.1. The number of carboxylic acid groups (broad SMARTS) is 1. The number of amidine groups is 1. The van der Waals surface area contributed by atoms with Crippen LogP contribution in [0.2, 0.25) is 0 Å². The smallest absolute Gasteiger partial charge is 0.311 e. The third-order valence-corrected chi connectivity index (χ3v) is 5.56. The molecule has 8 nitrogen and oxygen atoms in total. The monoisotopic (exact) mass is 423 g/mol. The number of carboxylic acids is 1. The normalized spacial score (nSPS) is 16.9. The van der Waals surface area contributed by atoms with Crippen molar-refractivity contribution in [1.29, 1.82) is 5.41 Å². The number of nitrogens with two attached hydrogens (primary N) is 1. The van der Waals surface area contributed by atoms with Gasteiger partial charge in [0.1, 0.15) is 29.2 Å². The van der Waals surface area contributed by atoms with Crippen LogP contribution in [-0.2, 0) is 11.2 Å². The zero-order chi connectivity index (χ0) is 22.0. The van der Waals surface area contributed by atoms with E-state index in [1.54, 1.807) is 24.3 Å². The molecule has 2 aromatic carbocycles. The van der Waals surface area contributed by atoms with E-state index in [0.29, 0.717) is 33.4 Å². The Morgan fingerprint density at radius 2 is 2.13 bits per heavy atom. The summed E-state index contributed by atoms with van der Waals surface area (Å²) in [6.45, 7) is 1.76. The summed E-state index contributed by atoms with van der Waals surface area (Å²) in [6, 6.07) is 10.6. The highest BCUT2D eigenvalue weighted by molar-refractivity contribution is 6.02. The minimum absolute atomic E-state index is 0.0814. The molecule has 3 aromatic rings. The van der Waals surface area contributed by atoms with Gasteiger partial charge in [-0.1, -0.05) is 12.1 Å². The summed E-state index contributed by atoms with van der Waals surface area (Å²) in [5.74, 6) is -0.104. The molecule has 2 heterocycles. The van der Waals surface area contributed by atoms with Crippen molar-refractivity contribution in [1.82, 2.24) is 5.32 Å². The lowest BCUT2D eigenvalue weighted by Crippen LogP contribution is -2.19. The topological polar surface area (TPSA) is 131 Å². The van der Waals surface area contributed by atoms with Crippen LogP contribution >= 0.6 is 0 Å². The Hall–Kier alpha value is -3.52. The summed E-state index contributed by atoms with van der Waals surface area (Å²) < 4.78 is 17.1. The number of carbonyl (C=O) groups is 1. The molecule has 1 unspecified atom stereocenters. The van der Waals surface area contributed by atoms with E-state index in [2.05, 4.69) is 5.32 Å². The molecule has 0 bridgehead atoms. The molecule has 4 rings (SSSR count). The van der Waals surface area contributed by atoms with Crippen LogP contribution in [-0.4, -0.2) is 43.2 Å². The first-order valence-electron chi connectivity index (χ1n) is 10.1. The summed E-state index contributed by atoms with van der Waals surface area (Å²) >= 11 is 0. The fraction of sp³-hybridized carbons (Fsp3) is 0.304. The summed E-state index contributed by atoms with van der Waals surface area (Å²) in [6.07, 6.45) is 2.79. The van der Waals surface area contributed by atoms with E-state index in [0.717, 1.165) is 25.3 Å². The van der Waals surface area contributed by atoms with E-state index in [-0.39, 0.29) is 18.4 Å². The number of rotatable bonds is 8. The Morgan fingerprint density at radius 1 is 1.35 bits per heavy atom. The number of nitrogen functional groups attached to an aromatic ring is 1. The molecule has 0 aliphatic carbocycles. The number of furan rings is 1. The van der Waals surface area contributed by atoms with Gasteiger partial charge < -0.3 is 30.0 Å². The second kappa shape index (κ2) is 8.69. The van der Waals surface area contributed by atoms with Crippen LogP contribution in [0.1, 0.15) is 29.2 Å². The number of ether oxygens (including phenoxy) is 2. The number of hydrogen-bond acceptors (Lipinski definition) is 6. The fourth-order valence-corrected chi connectivity index (χ4v) is 3.92. The van der Waals surface area contributed by atoms with Gasteiger partial charge >= 0.3 is 5.97 Å². The minimum Gasteiger partial charge on any atom is -0.496 e. The maximum Gasteiger partial charge on any atom is 0.311 e. The number of hydrogen-bond donors (Lipinski definition) is 4. The quantitative estimate of drug-likeness (QED) is 0.324. The van der Waals surface area contributed by atoms with Gasteiger partial charge in [-0.15, -0.1) is 0 Å². The Balaban J connectivity index is 1.60. The van der Waals surface area contributed by atoms with Gasteiger partial charge in [0.2, 0.25) is 0 Å². The molecule has 8 heteroatoms. The second-order valence-corrected chi connectivity index (χ2v) is 7.61. The minimum atomic E-state index is -0.947. The van der Waals surface area contributed by atoms with Crippen molar-refractivity contribution in [3.05, 3.63) is 59.5 Å².